The number of rotatable bonds is 10. The quantitative estimate of drug-likeness (QED) is 0.334. The number of hydrogen-bond donors (Lipinski definition) is 0. The van der Waals surface area contributed by atoms with Crippen LogP contribution in [-0.2, 0) is 26.9 Å². The lowest BCUT2D eigenvalue weighted by Crippen LogP contribution is -2.48. The van der Waals surface area contributed by atoms with Crippen molar-refractivity contribution in [2.45, 2.75) is 49.3 Å². The molecule has 7 nitrogen and oxygen atoms in total. The Bertz CT molecular complexity index is 1360. The van der Waals surface area contributed by atoms with Gasteiger partial charge in [-0.15, -0.1) is 0 Å². The number of carbonyl (C=O) groups is 1. The van der Waals surface area contributed by atoms with E-state index in [0.717, 1.165) is 50.0 Å². The Kier molecular flexibility index (Phi) is 8.59. The van der Waals surface area contributed by atoms with Crippen molar-refractivity contribution in [1.82, 2.24) is 14.1 Å². The SMILES string of the molecule is CCN(C(=O)OCc1ccccc1)C1CCN(CC2CC2(c2ccccc2)N(C)S(=O)(=O)c2ccccc2)CC1. The van der Waals surface area contributed by atoms with Crippen LogP contribution < -0.4 is 0 Å². The molecule has 40 heavy (non-hydrogen) atoms. The highest BCUT2D eigenvalue weighted by Crippen LogP contribution is 2.58. The molecule has 5 rings (SSSR count). The van der Waals surface area contributed by atoms with E-state index in [1.807, 2.05) is 78.6 Å². The molecule has 1 saturated heterocycles. The number of benzene rings is 3. The number of nitrogens with zero attached hydrogens (tertiary/aromatic N) is 3. The summed E-state index contributed by atoms with van der Waals surface area (Å²) in [5, 5.41) is 0. The van der Waals surface area contributed by atoms with Gasteiger partial charge in [0.25, 0.3) is 0 Å². The zero-order valence-electron chi connectivity index (χ0n) is 23.4. The van der Waals surface area contributed by atoms with E-state index in [1.165, 1.54) is 0 Å². The summed E-state index contributed by atoms with van der Waals surface area (Å²) < 4.78 is 34.5. The van der Waals surface area contributed by atoms with Gasteiger partial charge in [0.15, 0.2) is 0 Å². The van der Waals surface area contributed by atoms with E-state index in [-0.39, 0.29) is 24.7 Å². The fourth-order valence-electron chi connectivity index (χ4n) is 6.21. The van der Waals surface area contributed by atoms with Gasteiger partial charge in [0, 0.05) is 39.3 Å². The molecule has 3 aromatic rings. The molecule has 0 radical (unpaired) electrons. The second-order valence-electron chi connectivity index (χ2n) is 10.8. The average molecular weight is 562 g/mol. The van der Waals surface area contributed by atoms with Crippen molar-refractivity contribution >= 4 is 16.1 Å². The van der Waals surface area contributed by atoms with Crippen molar-refractivity contribution in [1.29, 1.82) is 0 Å². The second kappa shape index (κ2) is 12.1. The predicted molar refractivity (Wildman–Crippen MR) is 156 cm³/mol. The van der Waals surface area contributed by atoms with Crippen LogP contribution in [0.25, 0.3) is 0 Å². The lowest BCUT2D eigenvalue weighted by atomic mass is 10.0. The highest BCUT2D eigenvalue weighted by atomic mass is 32.2. The van der Waals surface area contributed by atoms with Crippen LogP contribution in [0.5, 0.6) is 0 Å². The van der Waals surface area contributed by atoms with E-state index in [0.29, 0.717) is 11.4 Å². The van der Waals surface area contributed by atoms with Crippen LogP contribution >= 0.6 is 0 Å². The van der Waals surface area contributed by atoms with Gasteiger partial charge in [0.1, 0.15) is 6.61 Å². The molecule has 3 aromatic carbocycles. The fourth-order valence-corrected chi connectivity index (χ4v) is 7.78. The number of carbonyl (C=O) groups excluding carboxylic acids is 1. The lowest BCUT2D eigenvalue weighted by molar-refractivity contribution is 0.0617. The van der Waals surface area contributed by atoms with Crippen molar-refractivity contribution in [2.75, 3.05) is 33.2 Å². The molecule has 1 amide bonds. The molecule has 1 heterocycles. The number of piperidine rings is 1. The number of amides is 1. The van der Waals surface area contributed by atoms with Gasteiger partial charge in [0.2, 0.25) is 10.0 Å². The topological polar surface area (TPSA) is 70.2 Å². The number of hydrogen-bond acceptors (Lipinski definition) is 5. The molecule has 1 aliphatic carbocycles. The first-order valence-electron chi connectivity index (χ1n) is 14.2. The Morgan fingerprint density at radius 2 is 1.50 bits per heavy atom. The normalized spacial score (nSPS) is 21.7. The predicted octanol–water partition coefficient (Wildman–Crippen LogP) is 5.35. The summed E-state index contributed by atoms with van der Waals surface area (Å²) in [5.41, 5.74) is 1.45. The van der Waals surface area contributed by atoms with Gasteiger partial charge >= 0.3 is 6.09 Å². The fraction of sp³-hybridized carbons (Fsp3) is 0.406. The molecule has 8 heteroatoms. The van der Waals surface area contributed by atoms with Crippen molar-refractivity contribution in [3.05, 3.63) is 102 Å². The summed E-state index contributed by atoms with van der Waals surface area (Å²) in [6.07, 6.45) is 2.27. The molecule has 1 saturated carbocycles. The van der Waals surface area contributed by atoms with E-state index in [2.05, 4.69) is 4.90 Å². The second-order valence-corrected chi connectivity index (χ2v) is 12.8. The van der Waals surface area contributed by atoms with Crippen LogP contribution in [0, 0.1) is 5.92 Å². The molecule has 2 unspecified atom stereocenters. The molecule has 1 aliphatic heterocycles. The van der Waals surface area contributed by atoms with Crippen molar-refractivity contribution < 1.29 is 17.9 Å². The Morgan fingerprint density at radius 1 is 0.925 bits per heavy atom. The molecular weight excluding hydrogens is 522 g/mol. The zero-order valence-corrected chi connectivity index (χ0v) is 24.2. The molecular formula is C32H39N3O4S. The minimum absolute atomic E-state index is 0.142. The number of likely N-dealkylation sites (tertiary alicyclic amines) is 1. The van der Waals surface area contributed by atoms with Crippen LogP contribution in [0.3, 0.4) is 0 Å². The number of sulfonamides is 1. The highest BCUT2D eigenvalue weighted by Gasteiger charge is 2.61. The summed E-state index contributed by atoms with van der Waals surface area (Å²) in [5.74, 6) is 0.188. The third kappa shape index (κ3) is 5.80. The zero-order chi connectivity index (χ0) is 28.2. The van der Waals surface area contributed by atoms with Crippen molar-refractivity contribution in [2.24, 2.45) is 5.92 Å². The van der Waals surface area contributed by atoms with Gasteiger partial charge in [0.05, 0.1) is 10.4 Å². The highest BCUT2D eigenvalue weighted by molar-refractivity contribution is 7.89. The summed E-state index contributed by atoms with van der Waals surface area (Å²) in [4.78, 5) is 17.5. The van der Waals surface area contributed by atoms with Crippen LogP contribution in [0.15, 0.2) is 95.9 Å². The smallest absolute Gasteiger partial charge is 0.410 e. The van der Waals surface area contributed by atoms with Crippen LogP contribution in [0.4, 0.5) is 4.79 Å². The van der Waals surface area contributed by atoms with Gasteiger partial charge < -0.3 is 14.5 Å². The molecule has 0 bridgehead atoms. The molecule has 2 aliphatic rings. The monoisotopic (exact) mass is 561 g/mol. The maximum atomic E-state index is 13.7. The Morgan fingerprint density at radius 3 is 2.10 bits per heavy atom. The number of ether oxygens (including phenoxy) is 1. The summed E-state index contributed by atoms with van der Waals surface area (Å²) in [6, 6.07) is 28.6. The van der Waals surface area contributed by atoms with Gasteiger partial charge in [-0.3, -0.25) is 0 Å². The van der Waals surface area contributed by atoms with E-state index in [9.17, 15) is 13.2 Å². The van der Waals surface area contributed by atoms with E-state index in [4.69, 9.17) is 4.74 Å². The Labute approximate surface area is 238 Å². The van der Waals surface area contributed by atoms with E-state index >= 15 is 0 Å². The van der Waals surface area contributed by atoms with Crippen molar-refractivity contribution in [3.63, 3.8) is 0 Å². The van der Waals surface area contributed by atoms with Crippen LogP contribution in [0.2, 0.25) is 0 Å². The lowest BCUT2D eigenvalue weighted by Gasteiger charge is -2.38. The van der Waals surface area contributed by atoms with Gasteiger partial charge in [-0.25, -0.2) is 13.2 Å². The molecule has 0 aromatic heterocycles. The van der Waals surface area contributed by atoms with Crippen LogP contribution in [-0.4, -0.2) is 67.9 Å². The standard InChI is InChI=1S/C32H39N3O4S/c1-3-35(31(36)39-25-26-13-7-4-8-14-26)29-19-21-34(22-20-29)24-28-23-32(28,27-15-9-5-10-16-27)33(2)40(37,38)30-17-11-6-12-18-30/h4-18,28-29H,3,19-25H2,1-2H3. The molecule has 0 N–H and O–H groups in total. The third-order valence-electron chi connectivity index (χ3n) is 8.57. The third-order valence-corrected chi connectivity index (χ3v) is 10.5. The van der Waals surface area contributed by atoms with E-state index < -0.39 is 15.6 Å². The van der Waals surface area contributed by atoms with Gasteiger partial charge in [-0.2, -0.15) is 4.31 Å². The summed E-state index contributed by atoms with van der Waals surface area (Å²) in [7, 11) is -1.93. The molecule has 2 fully saturated rings. The average Bonchev–Trinajstić information content (AvgIpc) is 3.72. The minimum atomic E-state index is -3.66. The minimum Gasteiger partial charge on any atom is -0.445 e. The van der Waals surface area contributed by atoms with Crippen LogP contribution in [0.1, 0.15) is 37.3 Å². The van der Waals surface area contributed by atoms with E-state index in [1.54, 1.807) is 35.6 Å². The summed E-state index contributed by atoms with van der Waals surface area (Å²) in [6.45, 7) is 5.43. The maximum Gasteiger partial charge on any atom is 0.410 e. The first-order chi connectivity index (χ1) is 19.4. The summed E-state index contributed by atoms with van der Waals surface area (Å²) >= 11 is 0. The van der Waals surface area contributed by atoms with Gasteiger partial charge in [-0.05, 0) is 55.4 Å². The molecule has 2 atom stereocenters. The Hall–Kier alpha value is -3.20. The molecule has 212 valence electrons. The first-order valence-corrected chi connectivity index (χ1v) is 15.6. The largest absolute Gasteiger partial charge is 0.445 e. The van der Waals surface area contributed by atoms with Gasteiger partial charge in [-0.1, -0.05) is 78.9 Å². The maximum absolute atomic E-state index is 13.7. The molecule has 0 spiro atoms. The van der Waals surface area contributed by atoms with Crippen molar-refractivity contribution in [3.8, 4) is 0 Å². The Balaban J connectivity index is 1.22. The first kappa shape index (κ1) is 28.3.